The number of hydrogen-bond donors (Lipinski definition) is 0. The van der Waals surface area contributed by atoms with E-state index in [4.69, 9.17) is 4.74 Å². The van der Waals surface area contributed by atoms with Gasteiger partial charge in [-0.05, 0) is 36.4 Å². The first-order valence-electron chi connectivity index (χ1n) is 8.69. The molecule has 2 aromatic carbocycles. The van der Waals surface area contributed by atoms with Gasteiger partial charge < -0.3 is 9.64 Å². The molecular formula is C21H20FN3O. The van der Waals surface area contributed by atoms with Crippen molar-refractivity contribution in [2.24, 2.45) is 0 Å². The highest BCUT2D eigenvalue weighted by Gasteiger charge is 2.24. The molecule has 1 aromatic heterocycles. The number of aromatic nitrogens is 2. The van der Waals surface area contributed by atoms with Gasteiger partial charge in [0.25, 0.3) is 0 Å². The van der Waals surface area contributed by atoms with Gasteiger partial charge in [0.05, 0.1) is 11.9 Å². The molecule has 0 spiro atoms. The Labute approximate surface area is 152 Å². The second kappa shape index (κ2) is 7.22. The number of benzene rings is 2. The molecule has 0 saturated heterocycles. The Hall–Kier alpha value is -2.79. The molecule has 0 radical (unpaired) electrons. The second-order valence-electron chi connectivity index (χ2n) is 6.57. The van der Waals surface area contributed by atoms with Crippen molar-refractivity contribution in [1.82, 2.24) is 14.9 Å². The highest BCUT2D eigenvalue weighted by Crippen LogP contribution is 2.33. The molecule has 1 aliphatic heterocycles. The van der Waals surface area contributed by atoms with Crippen molar-refractivity contribution in [3.63, 3.8) is 0 Å². The lowest BCUT2D eigenvalue weighted by Gasteiger charge is -2.20. The van der Waals surface area contributed by atoms with Gasteiger partial charge in [-0.25, -0.2) is 4.39 Å². The number of rotatable bonds is 3. The van der Waals surface area contributed by atoms with Crippen LogP contribution >= 0.6 is 0 Å². The number of nitrogens with zero attached hydrogens (tertiary/aromatic N) is 3. The maximum absolute atomic E-state index is 14.0. The summed E-state index contributed by atoms with van der Waals surface area (Å²) in [6.07, 6.45) is 5.75. The van der Waals surface area contributed by atoms with Crippen LogP contribution in [-0.2, 0) is 6.54 Å². The van der Waals surface area contributed by atoms with Crippen molar-refractivity contribution >= 4 is 0 Å². The van der Waals surface area contributed by atoms with E-state index >= 15 is 0 Å². The summed E-state index contributed by atoms with van der Waals surface area (Å²) in [5, 5.41) is 0. The quantitative estimate of drug-likeness (QED) is 0.709. The maximum atomic E-state index is 14.0. The molecule has 2 heterocycles. The number of halogens is 1. The van der Waals surface area contributed by atoms with E-state index in [1.807, 2.05) is 6.07 Å². The third kappa shape index (κ3) is 3.44. The Morgan fingerprint density at radius 2 is 2.04 bits per heavy atom. The second-order valence-corrected chi connectivity index (χ2v) is 6.57. The fourth-order valence-corrected chi connectivity index (χ4v) is 3.34. The minimum Gasteiger partial charge on any atom is -0.483 e. The Morgan fingerprint density at radius 3 is 2.85 bits per heavy atom. The first-order valence-corrected chi connectivity index (χ1v) is 8.69. The van der Waals surface area contributed by atoms with Crippen LogP contribution in [0.5, 0.6) is 5.75 Å². The average Bonchev–Trinajstić information content (AvgIpc) is 2.82. The molecule has 1 aliphatic rings. The Kier molecular flexibility index (Phi) is 4.63. The van der Waals surface area contributed by atoms with Crippen molar-refractivity contribution in [3.8, 4) is 17.0 Å². The van der Waals surface area contributed by atoms with Crippen LogP contribution < -0.4 is 4.74 Å². The zero-order valence-electron chi connectivity index (χ0n) is 14.6. The van der Waals surface area contributed by atoms with Gasteiger partial charge in [0.15, 0.2) is 11.6 Å². The zero-order valence-corrected chi connectivity index (χ0v) is 14.6. The SMILES string of the molecule is CN1CCC(Oc2ccccc2F)c2ccc(-c3cnccn3)cc2C1. The first-order chi connectivity index (χ1) is 12.7. The van der Waals surface area contributed by atoms with Crippen LogP contribution in [0.3, 0.4) is 0 Å². The van der Waals surface area contributed by atoms with Gasteiger partial charge in [0, 0.05) is 37.5 Å². The van der Waals surface area contributed by atoms with Crippen molar-refractivity contribution < 1.29 is 9.13 Å². The van der Waals surface area contributed by atoms with Crippen LogP contribution in [0.25, 0.3) is 11.3 Å². The normalized spacial score (nSPS) is 17.4. The summed E-state index contributed by atoms with van der Waals surface area (Å²) in [7, 11) is 2.09. The topological polar surface area (TPSA) is 38.2 Å². The smallest absolute Gasteiger partial charge is 0.165 e. The van der Waals surface area contributed by atoms with Gasteiger partial charge in [-0.1, -0.05) is 24.3 Å². The average molecular weight is 349 g/mol. The minimum atomic E-state index is -0.331. The first kappa shape index (κ1) is 16.7. The van der Waals surface area contributed by atoms with Crippen molar-refractivity contribution in [2.45, 2.75) is 19.1 Å². The molecule has 4 rings (SSSR count). The largest absolute Gasteiger partial charge is 0.483 e. The van der Waals surface area contributed by atoms with E-state index < -0.39 is 0 Å². The van der Waals surface area contributed by atoms with Gasteiger partial charge in [-0.2, -0.15) is 0 Å². The maximum Gasteiger partial charge on any atom is 0.165 e. The van der Waals surface area contributed by atoms with E-state index in [2.05, 4.69) is 34.0 Å². The molecule has 5 heteroatoms. The van der Waals surface area contributed by atoms with Crippen LogP contribution in [-0.4, -0.2) is 28.5 Å². The molecule has 132 valence electrons. The summed E-state index contributed by atoms with van der Waals surface area (Å²) < 4.78 is 20.1. The van der Waals surface area contributed by atoms with Gasteiger partial charge in [0.2, 0.25) is 0 Å². The molecular weight excluding hydrogens is 329 g/mol. The molecule has 3 aromatic rings. The number of para-hydroxylation sites is 1. The zero-order chi connectivity index (χ0) is 17.9. The third-order valence-corrected chi connectivity index (χ3v) is 4.67. The van der Waals surface area contributed by atoms with Crippen LogP contribution in [0.1, 0.15) is 23.7 Å². The van der Waals surface area contributed by atoms with E-state index in [1.165, 1.54) is 11.6 Å². The standard InChI is InChI=1S/C21H20FN3O/c1-25-11-8-20(26-21-5-3-2-4-18(21)22)17-7-6-15(12-16(17)14-25)19-13-23-9-10-24-19/h2-7,9-10,12-13,20H,8,11,14H2,1H3. The van der Waals surface area contributed by atoms with Crippen molar-refractivity contribution in [2.75, 3.05) is 13.6 Å². The highest BCUT2D eigenvalue weighted by atomic mass is 19.1. The van der Waals surface area contributed by atoms with Gasteiger partial charge >= 0.3 is 0 Å². The third-order valence-electron chi connectivity index (χ3n) is 4.67. The summed E-state index contributed by atoms with van der Waals surface area (Å²) >= 11 is 0. The van der Waals surface area contributed by atoms with Crippen LogP contribution in [0.2, 0.25) is 0 Å². The van der Waals surface area contributed by atoms with Gasteiger partial charge in [0.1, 0.15) is 6.10 Å². The van der Waals surface area contributed by atoms with E-state index in [1.54, 1.807) is 36.8 Å². The van der Waals surface area contributed by atoms with Crippen molar-refractivity contribution in [3.05, 3.63) is 78.0 Å². The number of hydrogen-bond acceptors (Lipinski definition) is 4. The van der Waals surface area contributed by atoms with E-state index in [9.17, 15) is 4.39 Å². The molecule has 0 fully saturated rings. The predicted molar refractivity (Wildman–Crippen MR) is 98.2 cm³/mol. The monoisotopic (exact) mass is 349 g/mol. The summed E-state index contributed by atoms with van der Waals surface area (Å²) in [5.74, 6) is -0.0335. The molecule has 0 amide bonds. The van der Waals surface area contributed by atoms with E-state index in [0.29, 0.717) is 5.75 Å². The van der Waals surface area contributed by atoms with Crippen molar-refractivity contribution in [1.29, 1.82) is 0 Å². The van der Waals surface area contributed by atoms with E-state index in [-0.39, 0.29) is 11.9 Å². The highest BCUT2D eigenvalue weighted by molar-refractivity contribution is 5.60. The van der Waals surface area contributed by atoms with Crippen LogP contribution in [0.4, 0.5) is 4.39 Å². The summed E-state index contributed by atoms with van der Waals surface area (Å²) in [5.41, 5.74) is 4.14. The molecule has 0 aliphatic carbocycles. The predicted octanol–water partition coefficient (Wildman–Crippen LogP) is 4.24. The number of ether oxygens (including phenoxy) is 1. The Bertz CT molecular complexity index is 901. The van der Waals surface area contributed by atoms with Gasteiger partial charge in [-0.3, -0.25) is 9.97 Å². The van der Waals surface area contributed by atoms with Crippen LogP contribution in [0, 0.1) is 5.82 Å². The lowest BCUT2D eigenvalue weighted by molar-refractivity contribution is 0.175. The molecule has 4 nitrogen and oxygen atoms in total. The van der Waals surface area contributed by atoms with E-state index in [0.717, 1.165) is 36.3 Å². The van der Waals surface area contributed by atoms with Crippen LogP contribution in [0.15, 0.2) is 61.1 Å². The molecule has 0 N–H and O–H groups in total. The summed E-state index contributed by atoms with van der Waals surface area (Å²) in [6, 6.07) is 12.8. The number of fused-ring (bicyclic) bond motifs is 1. The molecule has 0 saturated carbocycles. The molecule has 1 atom stereocenters. The summed E-state index contributed by atoms with van der Waals surface area (Å²) in [4.78, 5) is 10.8. The Balaban J connectivity index is 1.70. The fraction of sp³-hybridized carbons (Fsp3) is 0.238. The lowest BCUT2D eigenvalue weighted by Crippen LogP contribution is -2.18. The lowest BCUT2D eigenvalue weighted by atomic mass is 9.98. The summed E-state index contributed by atoms with van der Waals surface area (Å²) in [6.45, 7) is 1.70. The molecule has 1 unspecified atom stereocenters. The van der Waals surface area contributed by atoms with Gasteiger partial charge in [-0.15, -0.1) is 0 Å². The molecule has 0 bridgehead atoms. The fourth-order valence-electron chi connectivity index (χ4n) is 3.34. The Morgan fingerprint density at radius 1 is 1.15 bits per heavy atom. The molecule has 26 heavy (non-hydrogen) atoms. The minimum absolute atomic E-state index is 0.178.